The predicted molar refractivity (Wildman–Crippen MR) is 105 cm³/mol. The lowest BCUT2D eigenvalue weighted by atomic mass is 10.1. The normalized spacial score (nSPS) is 10.9. The van der Waals surface area contributed by atoms with Crippen LogP contribution < -0.4 is 10.9 Å². The van der Waals surface area contributed by atoms with Crippen molar-refractivity contribution in [3.05, 3.63) is 70.0 Å². The van der Waals surface area contributed by atoms with Crippen LogP contribution in [0.4, 0.5) is 10.1 Å². The molecule has 1 aromatic heterocycles. The third kappa shape index (κ3) is 5.02. The molecule has 29 heavy (non-hydrogen) atoms. The first-order chi connectivity index (χ1) is 13.9. The van der Waals surface area contributed by atoms with E-state index in [4.69, 9.17) is 0 Å². The number of amides is 1. The molecule has 0 saturated heterocycles. The van der Waals surface area contributed by atoms with Crippen LogP contribution >= 0.6 is 0 Å². The molecule has 9 heteroatoms. The number of H-pyrrole nitrogens is 1. The molecule has 1 amide bonds. The Kier molecular flexibility index (Phi) is 5.99. The number of carbonyl (C=O) groups excluding carboxylic acids is 2. The number of nitrogens with one attached hydrogen (secondary N) is 2. The van der Waals surface area contributed by atoms with Crippen molar-refractivity contribution in [1.82, 2.24) is 14.9 Å². The minimum atomic E-state index is -0.526. The lowest BCUT2D eigenvalue weighted by molar-refractivity contribution is -0.117. The molecule has 0 unspecified atom stereocenters. The highest BCUT2D eigenvalue weighted by Gasteiger charge is 2.12. The van der Waals surface area contributed by atoms with Gasteiger partial charge in [0.2, 0.25) is 5.91 Å². The first-order valence-corrected chi connectivity index (χ1v) is 8.71. The maximum Gasteiger partial charge on any atom is 0.337 e. The van der Waals surface area contributed by atoms with Crippen molar-refractivity contribution in [1.29, 1.82) is 0 Å². The number of hydrogen-bond donors (Lipinski definition) is 2. The van der Waals surface area contributed by atoms with Gasteiger partial charge in [0, 0.05) is 5.69 Å². The molecule has 0 atom stereocenters. The summed E-state index contributed by atoms with van der Waals surface area (Å²) >= 11 is 0. The van der Waals surface area contributed by atoms with E-state index in [0.717, 1.165) is 0 Å². The van der Waals surface area contributed by atoms with Crippen molar-refractivity contribution in [2.75, 3.05) is 26.0 Å². The van der Waals surface area contributed by atoms with Crippen molar-refractivity contribution < 1.29 is 18.7 Å². The average molecular weight is 398 g/mol. The van der Waals surface area contributed by atoms with Gasteiger partial charge >= 0.3 is 5.97 Å². The van der Waals surface area contributed by atoms with Crippen molar-refractivity contribution in [3.8, 4) is 0 Å². The number of esters is 1. The van der Waals surface area contributed by atoms with Gasteiger partial charge in [-0.15, -0.1) is 0 Å². The number of benzene rings is 2. The fourth-order valence-corrected chi connectivity index (χ4v) is 2.83. The monoisotopic (exact) mass is 398 g/mol. The number of carbonyl (C=O) groups is 2. The van der Waals surface area contributed by atoms with E-state index in [1.807, 2.05) is 0 Å². The van der Waals surface area contributed by atoms with E-state index in [-0.39, 0.29) is 30.1 Å². The lowest BCUT2D eigenvalue weighted by Gasteiger charge is -2.16. The lowest BCUT2D eigenvalue weighted by Crippen LogP contribution is -2.31. The van der Waals surface area contributed by atoms with Gasteiger partial charge in [0.25, 0.3) is 5.56 Å². The molecule has 0 aliphatic heterocycles. The largest absolute Gasteiger partial charge is 0.465 e. The molecule has 0 saturated carbocycles. The van der Waals surface area contributed by atoms with E-state index in [9.17, 15) is 18.8 Å². The molecule has 0 aliphatic rings. The minimum Gasteiger partial charge on any atom is -0.465 e. The van der Waals surface area contributed by atoms with Crippen LogP contribution in [0.3, 0.4) is 0 Å². The van der Waals surface area contributed by atoms with Gasteiger partial charge < -0.3 is 15.0 Å². The number of aromatic nitrogens is 2. The summed E-state index contributed by atoms with van der Waals surface area (Å²) in [6.45, 7) is 0.185. The van der Waals surface area contributed by atoms with E-state index in [2.05, 4.69) is 20.0 Å². The molecule has 0 radical (unpaired) electrons. The molecule has 150 valence electrons. The van der Waals surface area contributed by atoms with Gasteiger partial charge in [0.1, 0.15) is 11.6 Å². The Bertz CT molecular complexity index is 1130. The van der Waals surface area contributed by atoms with Crippen LogP contribution in [-0.2, 0) is 16.1 Å². The Balaban J connectivity index is 1.72. The Morgan fingerprint density at radius 3 is 2.76 bits per heavy atom. The number of halogens is 1. The number of methoxy groups -OCH3 is 1. The summed E-state index contributed by atoms with van der Waals surface area (Å²) in [6, 6.07) is 10.1. The van der Waals surface area contributed by atoms with Crippen LogP contribution in [0, 0.1) is 5.82 Å². The second-order valence-corrected chi connectivity index (χ2v) is 6.47. The van der Waals surface area contributed by atoms with Crippen molar-refractivity contribution in [3.63, 3.8) is 0 Å². The molecule has 2 N–H and O–H groups in total. The number of aromatic amines is 1. The van der Waals surface area contributed by atoms with Gasteiger partial charge in [-0.1, -0.05) is 6.07 Å². The third-order valence-electron chi connectivity index (χ3n) is 4.12. The summed E-state index contributed by atoms with van der Waals surface area (Å²) < 4.78 is 17.9. The van der Waals surface area contributed by atoms with Crippen LogP contribution in [0.15, 0.2) is 47.3 Å². The maximum atomic E-state index is 13.2. The average Bonchev–Trinajstić information content (AvgIpc) is 2.66. The summed E-state index contributed by atoms with van der Waals surface area (Å²) in [6.07, 6.45) is 0. The van der Waals surface area contributed by atoms with Crippen molar-refractivity contribution in [2.24, 2.45) is 0 Å². The van der Waals surface area contributed by atoms with Gasteiger partial charge in [-0.3, -0.25) is 14.5 Å². The molecule has 3 rings (SSSR count). The summed E-state index contributed by atoms with van der Waals surface area (Å²) in [5, 5.41) is 2.94. The topological polar surface area (TPSA) is 104 Å². The van der Waals surface area contributed by atoms with Gasteiger partial charge in [-0.05, 0) is 43.4 Å². The standard InChI is InChI=1S/C20H19FN4O4/c1-25(11-18(26)22-14-5-3-4-13(21)9-14)10-17-23-16-8-12(20(28)29-2)6-7-15(16)19(27)24-17/h3-9H,10-11H2,1-2H3,(H,22,26)(H,23,24,27). The van der Waals surface area contributed by atoms with Gasteiger partial charge in [-0.25, -0.2) is 14.2 Å². The van der Waals surface area contributed by atoms with Crippen LogP contribution in [0.25, 0.3) is 10.9 Å². The summed E-state index contributed by atoms with van der Waals surface area (Å²) in [5.74, 6) is -0.970. The van der Waals surface area contributed by atoms with Crippen LogP contribution in [0.5, 0.6) is 0 Å². The van der Waals surface area contributed by atoms with Crippen molar-refractivity contribution >= 4 is 28.5 Å². The highest BCUT2D eigenvalue weighted by molar-refractivity contribution is 5.94. The smallest absolute Gasteiger partial charge is 0.337 e. The Hall–Kier alpha value is -3.59. The number of nitrogens with zero attached hydrogens (tertiary/aromatic N) is 2. The van der Waals surface area contributed by atoms with E-state index >= 15 is 0 Å². The van der Waals surface area contributed by atoms with E-state index < -0.39 is 11.8 Å². The number of hydrogen-bond acceptors (Lipinski definition) is 6. The molecule has 2 aromatic carbocycles. The second-order valence-electron chi connectivity index (χ2n) is 6.47. The zero-order chi connectivity index (χ0) is 21.0. The molecule has 3 aromatic rings. The zero-order valence-corrected chi connectivity index (χ0v) is 15.9. The minimum absolute atomic E-state index is 0.000458. The molecule has 0 spiro atoms. The molecule has 8 nitrogen and oxygen atoms in total. The highest BCUT2D eigenvalue weighted by atomic mass is 19.1. The van der Waals surface area contributed by atoms with Crippen molar-refractivity contribution in [2.45, 2.75) is 6.54 Å². The Labute approximate surface area is 165 Å². The van der Waals surface area contributed by atoms with E-state index in [0.29, 0.717) is 22.4 Å². The number of rotatable bonds is 6. The molecular weight excluding hydrogens is 379 g/mol. The zero-order valence-electron chi connectivity index (χ0n) is 15.9. The van der Waals surface area contributed by atoms with E-state index in [1.54, 1.807) is 18.0 Å². The summed E-state index contributed by atoms with van der Waals surface area (Å²) in [4.78, 5) is 44.8. The number of ether oxygens (including phenoxy) is 1. The van der Waals surface area contributed by atoms with Gasteiger partial charge in [-0.2, -0.15) is 0 Å². The number of likely N-dealkylation sites (N-methyl/N-ethyl adjacent to an activating group) is 1. The summed E-state index contributed by atoms with van der Waals surface area (Å²) in [5.41, 5.74) is 0.645. The molecule has 0 aliphatic carbocycles. The quantitative estimate of drug-likeness (QED) is 0.615. The molecule has 0 fully saturated rings. The van der Waals surface area contributed by atoms with E-state index in [1.165, 1.54) is 43.5 Å². The maximum absolute atomic E-state index is 13.2. The van der Waals surface area contributed by atoms with Crippen LogP contribution in [0.2, 0.25) is 0 Å². The third-order valence-corrected chi connectivity index (χ3v) is 4.12. The first kappa shape index (κ1) is 20.2. The number of anilines is 1. The fraction of sp³-hybridized carbons (Fsp3) is 0.200. The fourth-order valence-electron chi connectivity index (χ4n) is 2.83. The molecule has 1 heterocycles. The molecular formula is C20H19FN4O4. The SMILES string of the molecule is COC(=O)c1ccc2c(=O)[nH]c(CN(C)CC(=O)Nc3cccc(F)c3)nc2c1. The Morgan fingerprint density at radius 2 is 2.03 bits per heavy atom. The highest BCUT2D eigenvalue weighted by Crippen LogP contribution is 2.12. The Morgan fingerprint density at radius 1 is 1.24 bits per heavy atom. The summed E-state index contributed by atoms with van der Waals surface area (Å²) in [7, 11) is 2.95. The first-order valence-electron chi connectivity index (χ1n) is 8.71. The molecule has 0 bridgehead atoms. The van der Waals surface area contributed by atoms with Crippen LogP contribution in [-0.4, -0.2) is 47.4 Å². The predicted octanol–water partition coefficient (Wildman–Crippen LogP) is 1.92. The number of fused-ring (bicyclic) bond motifs is 1. The second kappa shape index (κ2) is 8.61. The van der Waals surface area contributed by atoms with Gasteiger partial charge in [0.15, 0.2) is 0 Å². The van der Waals surface area contributed by atoms with Gasteiger partial charge in [0.05, 0.1) is 36.7 Å². The van der Waals surface area contributed by atoms with Crippen LogP contribution in [0.1, 0.15) is 16.2 Å².